The van der Waals surface area contributed by atoms with Crippen molar-refractivity contribution in [2.45, 2.75) is 88.1 Å². The third-order valence-corrected chi connectivity index (χ3v) is 9.35. The summed E-state index contributed by atoms with van der Waals surface area (Å²) >= 11 is 1.55. The zero-order valence-electron chi connectivity index (χ0n) is 19.6. The first-order valence-corrected chi connectivity index (χ1v) is 13.3. The van der Waals surface area contributed by atoms with Gasteiger partial charge in [0.05, 0.1) is 24.7 Å². The van der Waals surface area contributed by atoms with E-state index in [1.54, 1.807) is 17.5 Å². The fourth-order valence-electron chi connectivity index (χ4n) is 6.22. The monoisotopic (exact) mass is 498 g/mol. The quantitative estimate of drug-likeness (QED) is 0.575. The molecule has 0 aromatic carbocycles. The number of halogens is 3. The number of aliphatic hydroxyl groups is 1. The molecule has 2 fully saturated rings. The number of pyridine rings is 1. The number of thiophene rings is 1. The van der Waals surface area contributed by atoms with Crippen molar-refractivity contribution < 1.29 is 27.8 Å². The third-order valence-electron chi connectivity index (χ3n) is 8.18. The van der Waals surface area contributed by atoms with Crippen LogP contribution < -0.4 is 4.74 Å². The van der Waals surface area contributed by atoms with Gasteiger partial charge in [-0.2, -0.15) is 13.2 Å². The summed E-state index contributed by atoms with van der Waals surface area (Å²) in [5.41, 5.74) is 1.12. The average molecular weight is 499 g/mol. The van der Waals surface area contributed by atoms with E-state index in [1.807, 2.05) is 6.07 Å². The van der Waals surface area contributed by atoms with E-state index < -0.39 is 12.3 Å². The maximum Gasteiger partial charge on any atom is 0.414 e. The van der Waals surface area contributed by atoms with Gasteiger partial charge in [-0.1, -0.05) is 6.92 Å². The summed E-state index contributed by atoms with van der Waals surface area (Å²) in [5, 5.41) is 10.6. The van der Waals surface area contributed by atoms with Crippen molar-refractivity contribution in [2.24, 2.45) is 0 Å². The molecule has 3 heterocycles. The number of hydrogen-bond donors (Lipinski definition) is 1. The molecule has 0 amide bonds. The second-order valence-corrected chi connectivity index (χ2v) is 11.0. The van der Waals surface area contributed by atoms with Crippen LogP contribution in [0.2, 0.25) is 0 Å². The summed E-state index contributed by atoms with van der Waals surface area (Å²) in [6.45, 7) is 5.83. The molecule has 2 aliphatic carbocycles. The second kappa shape index (κ2) is 9.56. The molecule has 2 atom stereocenters. The van der Waals surface area contributed by atoms with E-state index >= 15 is 0 Å². The normalized spacial score (nSPS) is 29.3. The van der Waals surface area contributed by atoms with Crippen LogP contribution in [0.15, 0.2) is 12.3 Å². The van der Waals surface area contributed by atoms with Crippen molar-refractivity contribution in [3.8, 4) is 5.75 Å². The Labute approximate surface area is 202 Å². The molecule has 2 aromatic heterocycles. The minimum Gasteiger partial charge on any atom is -0.490 e. The number of rotatable bonds is 6. The lowest BCUT2D eigenvalue weighted by Crippen LogP contribution is -2.55. The van der Waals surface area contributed by atoms with Gasteiger partial charge < -0.3 is 14.6 Å². The number of aryl methyl sites for hydroxylation is 1. The van der Waals surface area contributed by atoms with Gasteiger partial charge in [0.2, 0.25) is 0 Å². The van der Waals surface area contributed by atoms with Crippen LogP contribution in [0, 0.1) is 0 Å². The Balaban J connectivity index is 1.33. The summed E-state index contributed by atoms with van der Waals surface area (Å²) in [5.74, 6) is 0.406. The van der Waals surface area contributed by atoms with E-state index in [0.29, 0.717) is 6.42 Å². The van der Waals surface area contributed by atoms with Crippen molar-refractivity contribution >= 4 is 21.6 Å². The first-order valence-electron chi connectivity index (χ1n) is 12.5. The highest BCUT2D eigenvalue weighted by molar-refractivity contribution is 7.19. The maximum absolute atomic E-state index is 13.0. The largest absolute Gasteiger partial charge is 0.490 e. The molecule has 0 unspecified atom stereocenters. The molecule has 0 radical (unpaired) electrons. The van der Waals surface area contributed by atoms with Crippen LogP contribution in [0.5, 0.6) is 5.75 Å². The lowest BCUT2D eigenvalue weighted by Gasteiger charge is -2.49. The van der Waals surface area contributed by atoms with Crippen molar-refractivity contribution in [3.63, 3.8) is 0 Å². The smallest absolute Gasteiger partial charge is 0.414 e. The van der Waals surface area contributed by atoms with Gasteiger partial charge in [-0.25, -0.2) is 4.98 Å². The Morgan fingerprint density at radius 3 is 2.68 bits per heavy atom. The second-order valence-electron chi connectivity index (χ2n) is 9.95. The van der Waals surface area contributed by atoms with Crippen LogP contribution >= 0.6 is 11.3 Å². The van der Waals surface area contributed by atoms with E-state index in [0.717, 1.165) is 91.2 Å². The van der Waals surface area contributed by atoms with Crippen LogP contribution in [-0.4, -0.2) is 65.2 Å². The first kappa shape index (κ1) is 24.3. The van der Waals surface area contributed by atoms with Crippen LogP contribution in [0.4, 0.5) is 13.2 Å². The predicted octanol–water partition coefficient (Wildman–Crippen LogP) is 5.44. The lowest BCUT2D eigenvalue weighted by atomic mass is 9.77. The SMILES string of the molecule is CC[C@]1(N2CCOCC2)CC[C@H](Oc2ccnc3sc4c(c23)[C@@H](C[C@@H](O)C(F)(F)F)CC4)CC1. The van der Waals surface area contributed by atoms with Gasteiger partial charge in [0.25, 0.3) is 0 Å². The number of aromatic nitrogens is 1. The van der Waals surface area contributed by atoms with Gasteiger partial charge in [0.1, 0.15) is 16.7 Å². The molecular weight excluding hydrogens is 465 g/mol. The van der Waals surface area contributed by atoms with Gasteiger partial charge in [0.15, 0.2) is 0 Å². The molecule has 0 bridgehead atoms. The molecule has 1 saturated carbocycles. The Bertz CT molecular complexity index is 997. The van der Waals surface area contributed by atoms with Gasteiger partial charge in [-0.3, -0.25) is 4.90 Å². The van der Waals surface area contributed by atoms with Gasteiger partial charge >= 0.3 is 6.18 Å². The molecule has 1 aliphatic heterocycles. The number of ether oxygens (including phenoxy) is 2. The minimum atomic E-state index is -4.60. The minimum absolute atomic E-state index is 0.0856. The first-order chi connectivity index (χ1) is 16.3. The molecular formula is C25H33F3N2O3S. The van der Waals surface area contributed by atoms with Crippen LogP contribution in [0.1, 0.15) is 68.2 Å². The molecule has 34 heavy (non-hydrogen) atoms. The maximum atomic E-state index is 13.0. The summed E-state index contributed by atoms with van der Waals surface area (Å²) in [4.78, 5) is 8.99. The summed E-state index contributed by atoms with van der Waals surface area (Å²) in [6, 6.07) is 1.86. The van der Waals surface area contributed by atoms with Gasteiger partial charge in [-0.15, -0.1) is 11.3 Å². The topological polar surface area (TPSA) is 54.8 Å². The van der Waals surface area contributed by atoms with Gasteiger partial charge in [-0.05, 0) is 68.9 Å². The average Bonchev–Trinajstić information content (AvgIpc) is 3.40. The van der Waals surface area contributed by atoms with Gasteiger partial charge in [0, 0.05) is 29.7 Å². The fraction of sp³-hybridized carbons (Fsp3) is 0.720. The standard InChI is InChI=1S/C25H33F3N2O3S/c1-2-24(30-11-13-32-14-12-30)8-5-17(6-9-24)33-18-7-10-29-23-22(18)21-16(3-4-19(21)34-23)15-20(31)25(26,27)28/h7,10,16-17,20,31H,2-6,8-9,11-15H2,1H3/t16-,17-,20-,24-/m1/s1. The van der Waals surface area contributed by atoms with E-state index in [-0.39, 0.29) is 24.0 Å². The number of fused-ring (bicyclic) bond motifs is 3. The molecule has 5 nitrogen and oxygen atoms in total. The van der Waals surface area contributed by atoms with E-state index in [9.17, 15) is 18.3 Å². The molecule has 5 rings (SSSR count). The Hall–Kier alpha value is -1.42. The Morgan fingerprint density at radius 1 is 1.26 bits per heavy atom. The molecule has 3 aliphatic rings. The highest BCUT2D eigenvalue weighted by Crippen LogP contribution is 2.49. The molecule has 0 spiro atoms. The highest BCUT2D eigenvalue weighted by atomic mass is 32.1. The van der Waals surface area contributed by atoms with Crippen molar-refractivity contribution in [2.75, 3.05) is 26.3 Å². The molecule has 1 saturated heterocycles. The molecule has 9 heteroatoms. The molecule has 2 aromatic rings. The highest BCUT2D eigenvalue weighted by Gasteiger charge is 2.43. The molecule has 188 valence electrons. The number of aliphatic hydroxyl groups excluding tert-OH is 1. The van der Waals surface area contributed by atoms with Crippen LogP contribution in [-0.2, 0) is 11.2 Å². The zero-order valence-corrected chi connectivity index (χ0v) is 20.4. The molecule has 1 N–H and O–H groups in total. The summed E-state index contributed by atoms with van der Waals surface area (Å²) in [6.07, 6.45) is 1.13. The van der Waals surface area contributed by atoms with Crippen molar-refractivity contribution in [1.82, 2.24) is 9.88 Å². The number of morpholine rings is 1. The zero-order chi connectivity index (χ0) is 23.9. The van der Waals surface area contributed by atoms with Crippen molar-refractivity contribution in [3.05, 3.63) is 22.7 Å². The van der Waals surface area contributed by atoms with E-state index in [1.165, 1.54) is 0 Å². The van der Waals surface area contributed by atoms with Crippen molar-refractivity contribution in [1.29, 1.82) is 0 Å². The number of nitrogens with zero attached hydrogens (tertiary/aromatic N) is 2. The van der Waals surface area contributed by atoms with Crippen LogP contribution in [0.3, 0.4) is 0 Å². The fourth-order valence-corrected chi connectivity index (χ4v) is 7.48. The predicted molar refractivity (Wildman–Crippen MR) is 126 cm³/mol. The van der Waals surface area contributed by atoms with E-state index in [4.69, 9.17) is 9.47 Å². The Kier molecular flexibility index (Phi) is 6.83. The van der Waals surface area contributed by atoms with E-state index in [2.05, 4.69) is 16.8 Å². The number of hydrogen-bond acceptors (Lipinski definition) is 6. The lowest BCUT2D eigenvalue weighted by molar-refractivity contribution is -0.206. The summed E-state index contributed by atoms with van der Waals surface area (Å²) in [7, 11) is 0. The summed E-state index contributed by atoms with van der Waals surface area (Å²) < 4.78 is 51.2. The third kappa shape index (κ3) is 4.56. The number of alkyl halides is 3. The van der Waals surface area contributed by atoms with Crippen LogP contribution in [0.25, 0.3) is 10.2 Å². The Morgan fingerprint density at radius 2 is 2.00 bits per heavy atom.